The highest BCUT2D eigenvalue weighted by molar-refractivity contribution is 6.03. The first-order chi connectivity index (χ1) is 13.5. The molecule has 3 N–H and O–H groups in total. The first-order valence-corrected chi connectivity index (χ1v) is 8.67. The second-order valence-corrected chi connectivity index (χ2v) is 6.11. The summed E-state index contributed by atoms with van der Waals surface area (Å²) in [5.74, 6) is 0.548. The van der Waals surface area contributed by atoms with E-state index in [4.69, 9.17) is 0 Å². The van der Waals surface area contributed by atoms with Gasteiger partial charge in [0.1, 0.15) is 17.3 Å². The van der Waals surface area contributed by atoms with E-state index in [9.17, 15) is 9.59 Å². The van der Waals surface area contributed by atoms with Crippen molar-refractivity contribution in [3.63, 3.8) is 0 Å². The van der Waals surface area contributed by atoms with Crippen molar-refractivity contribution in [1.29, 1.82) is 0 Å². The molecular weight excluding hydrogens is 356 g/mol. The van der Waals surface area contributed by atoms with Gasteiger partial charge >= 0.3 is 0 Å². The lowest BCUT2D eigenvalue weighted by Gasteiger charge is -2.10. The Hall–Kier alpha value is -3.81. The van der Waals surface area contributed by atoms with E-state index in [-0.39, 0.29) is 17.5 Å². The van der Waals surface area contributed by atoms with Gasteiger partial charge in [-0.15, -0.1) is 0 Å². The zero-order valence-electron chi connectivity index (χ0n) is 15.6. The molecule has 1 aromatic carbocycles. The third-order valence-electron chi connectivity index (χ3n) is 3.73. The second-order valence-electron chi connectivity index (χ2n) is 6.11. The molecule has 2 amide bonds. The Balaban J connectivity index is 1.67. The third kappa shape index (κ3) is 5.34. The van der Waals surface area contributed by atoms with Gasteiger partial charge in [0, 0.05) is 43.3 Å². The fourth-order valence-corrected chi connectivity index (χ4v) is 2.51. The number of aromatic nitrogens is 3. The molecule has 3 rings (SSSR count). The number of nitrogens with zero attached hydrogens (tertiary/aromatic N) is 3. The van der Waals surface area contributed by atoms with E-state index in [0.29, 0.717) is 29.6 Å². The maximum atomic E-state index is 12.5. The van der Waals surface area contributed by atoms with Crippen LogP contribution in [0.15, 0.2) is 54.9 Å². The molecule has 0 unspecified atom stereocenters. The number of hydrogen-bond acceptors (Lipinski definition) is 6. The number of amides is 2. The van der Waals surface area contributed by atoms with Gasteiger partial charge in [0.2, 0.25) is 5.91 Å². The minimum Gasteiger partial charge on any atom is -0.366 e. The number of pyridine rings is 1. The van der Waals surface area contributed by atoms with Crippen LogP contribution < -0.4 is 16.0 Å². The van der Waals surface area contributed by atoms with Gasteiger partial charge in [-0.05, 0) is 42.8 Å². The van der Waals surface area contributed by atoms with Crippen LogP contribution in [-0.2, 0) is 11.3 Å². The standard InChI is InChI=1S/C20H20N6O2/c1-13-23-18(10-19(24-13)22-12-15-4-3-9-21-11-15)20(28)26-17-7-5-16(6-8-17)25-14(2)27/h3-11H,12H2,1-2H3,(H,25,27)(H,26,28)(H,22,23,24). The SMILES string of the molecule is CC(=O)Nc1ccc(NC(=O)c2cc(NCc3cccnc3)nc(C)n2)cc1. The number of hydrogen-bond donors (Lipinski definition) is 3. The Morgan fingerprint density at radius 1 is 1.00 bits per heavy atom. The molecule has 8 nitrogen and oxygen atoms in total. The maximum Gasteiger partial charge on any atom is 0.274 e. The fourth-order valence-electron chi connectivity index (χ4n) is 2.51. The molecule has 0 radical (unpaired) electrons. The summed E-state index contributed by atoms with van der Waals surface area (Å²) in [6, 6.07) is 12.2. The van der Waals surface area contributed by atoms with Crippen LogP contribution in [0.3, 0.4) is 0 Å². The average Bonchev–Trinajstić information content (AvgIpc) is 2.68. The number of carbonyl (C=O) groups excluding carboxylic acids is 2. The molecule has 0 aliphatic rings. The Labute approximate surface area is 162 Å². The molecule has 0 spiro atoms. The Kier molecular flexibility index (Phi) is 5.91. The van der Waals surface area contributed by atoms with Gasteiger partial charge in [-0.25, -0.2) is 9.97 Å². The van der Waals surface area contributed by atoms with Gasteiger partial charge in [-0.3, -0.25) is 14.6 Å². The lowest BCUT2D eigenvalue weighted by molar-refractivity contribution is -0.114. The van der Waals surface area contributed by atoms with E-state index in [2.05, 4.69) is 30.9 Å². The molecule has 3 aromatic rings. The van der Waals surface area contributed by atoms with Crippen LogP contribution in [0.4, 0.5) is 17.2 Å². The van der Waals surface area contributed by atoms with Crippen molar-refractivity contribution in [1.82, 2.24) is 15.0 Å². The van der Waals surface area contributed by atoms with E-state index in [1.165, 1.54) is 6.92 Å². The van der Waals surface area contributed by atoms with Crippen molar-refractivity contribution in [2.24, 2.45) is 0 Å². The smallest absolute Gasteiger partial charge is 0.274 e. The predicted molar refractivity (Wildman–Crippen MR) is 107 cm³/mol. The molecule has 0 fully saturated rings. The van der Waals surface area contributed by atoms with Gasteiger partial charge in [0.15, 0.2) is 0 Å². The quantitative estimate of drug-likeness (QED) is 0.610. The molecule has 0 bridgehead atoms. The molecular formula is C20H20N6O2. The van der Waals surface area contributed by atoms with E-state index in [0.717, 1.165) is 5.56 Å². The first kappa shape index (κ1) is 19.0. The van der Waals surface area contributed by atoms with Crippen LogP contribution in [0.2, 0.25) is 0 Å². The number of nitrogens with one attached hydrogen (secondary N) is 3. The maximum absolute atomic E-state index is 12.5. The van der Waals surface area contributed by atoms with Gasteiger partial charge < -0.3 is 16.0 Å². The largest absolute Gasteiger partial charge is 0.366 e. The van der Waals surface area contributed by atoms with Crippen LogP contribution in [-0.4, -0.2) is 26.8 Å². The molecule has 8 heteroatoms. The summed E-state index contributed by atoms with van der Waals surface area (Å²) in [7, 11) is 0. The predicted octanol–water partition coefficient (Wildman–Crippen LogP) is 3.00. The van der Waals surface area contributed by atoms with Crippen LogP contribution in [0, 0.1) is 6.92 Å². The summed E-state index contributed by atoms with van der Waals surface area (Å²) in [5, 5.41) is 8.64. The number of anilines is 3. The van der Waals surface area contributed by atoms with Crippen molar-refractivity contribution in [2.75, 3.05) is 16.0 Å². The average molecular weight is 376 g/mol. The molecule has 0 aliphatic heterocycles. The Bertz CT molecular complexity index is 974. The highest BCUT2D eigenvalue weighted by Gasteiger charge is 2.11. The molecule has 28 heavy (non-hydrogen) atoms. The van der Waals surface area contributed by atoms with Crippen molar-refractivity contribution in [2.45, 2.75) is 20.4 Å². The van der Waals surface area contributed by atoms with Gasteiger partial charge in [0.05, 0.1) is 0 Å². The lowest BCUT2D eigenvalue weighted by atomic mass is 10.2. The van der Waals surface area contributed by atoms with Gasteiger partial charge in [-0.2, -0.15) is 0 Å². The first-order valence-electron chi connectivity index (χ1n) is 8.67. The van der Waals surface area contributed by atoms with Crippen LogP contribution in [0.1, 0.15) is 28.8 Å². The Morgan fingerprint density at radius 2 is 1.71 bits per heavy atom. The zero-order valence-corrected chi connectivity index (χ0v) is 15.6. The molecule has 0 saturated carbocycles. The van der Waals surface area contributed by atoms with E-state index in [1.54, 1.807) is 49.6 Å². The summed E-state index contributed by atoms with van der Waals surface area (Å²) in [6.07, 6.45) is 3.47. The number of benzene rings is 1. The lowest BCUT2D eigenvalue weighted by Crippen LogP contribution is -2.16. The van der Waals surface area contributed by atoms with Crippen LogP contribution in [0.25, 0.3) is 0 Å². The van der Waals surface area contributed by atoms with Crippen molar-refractivity contribution in [3.8, 4) is 0 Å². The van der Waals surface area contributed by atoms with Gasteiger partial charge in [-0.1, -0.05) is 6.07 Å². The topological polar surface area (TPSA) is 109 Å². The summed E-state index contributed by atoms with van der Waals surface area (Å²) >= 11 is 0. The highest BCUT2D eigenvalue weighted by Crippen LogP contribution is 2.15. The summed E-state index contributed by atoms with van der Waals surface area (Å²) in [6.45, 7) is 3.71. The van der Waals surface area contributed by atoms with E-state index >= 15 is 0 Å². The monoisotopic (exact) mass is 376 g/mol. The number of aryl methyl sites for hydroxylation is 1. The fraction of sp³-hybridized carbons (Fsp3) is 0.150. The summed E-state index contributed by atoms with van der Waals surface area (Å²) in [5.41, 5.74) is 2.52. The normalized spacial score (nSPS) is 10.2. The van der Waals surface area contributed by atoms with Crippen molar-refractivity contribution >= 4 is 29.0 Å². The van der Waals surface area contributed by atoms with Gasteiger partial charge in [0.25, 0.3) is 5.91 Å². The van der Waals surface area contributed by atoms with Crippen molar-refractivity contribution < 1.29 is 9.59 Å². The zero-order chi connectivity index (χ0) is 19.9. The highest BCUT2D eigenvalue weighted by atomic mass is 16.2. The Morgan fingerprint density at radius 3 is 2.36 bits per heavy atom. The molecule has 142 valence electrons. The minimum absolute atomic E-state index is 0.153. The number of rotatable bonds is 6. The molecule has 0 aliphatic carbocycles. The number of carbonyl (C=O) groups is 2. The van der Waals surface area contributed by atoms with Crippen LogP contribution >= 0.6 is 0 Å². The molecule has 2 aromatic heterocycles. The van der Waals surface area contributed by atoms with Crippen LogP contribution in [0.5, 0.6) is 0 Å². The minimum atomic E-state index is -0.345. The molecule has 2 heterocycles. The summed E-state index contributed by atoms with van der Waals surface area (Å²) in [4.78, 5) is 36.2. The second kappa shape index (κ2) is 8.72. The van der Waals surface area contributed by atoms with E-state index < -0.39 is 0 Å². The van der Waals surface area contributed by atoms with E-state index in [1.807, 2.05) is 12.1 Å². The third-order valence-corrected chi connectivity index (χ3v) is 3.73. The molecule has 0 saturated heterocycles. The molecule has 0 atom stereocenters. The summed E-state index contributed by atoms with van der Waals surface area (Å²) < 4.78 is 0. The van der Waals surface area contributed by atoms with Crippen molar-refractivity contribution in [3.05, 3.63) is 71.9 Å².